The van der Waals surface area contributed by atoms with E-state index in [9.17, 15) is 0 Å². The van der Waals surface area contributed by atoms with Crippen molar-refractivity contribution in [2.24, 2.45) is 0 Å². The molecule has 3 heteroatoms. The molecule has 2 heterocycles. The van der Waals surface area contributed by atoms with Crippen LogP contribution >= 0.6 is 0 Å². The van der Waals surface area contributed by atoms with E-state index in [1.54, 1.807) is 0 Å². The molecule has 0 aliphatic carbocycles. The molecule has 1 aromatic heterocycles. The molecule has 0 amide bonds. The Balaban J connectivity index is 2.11. The van der Waals surface area contributed by atoms with Gasteiger partial charge in [0.15, 0.2) is 0 Å². The predicted molar refractivity (Wildman–Crippen MR) is 55.1 cm³/mol. The lowest BCUT2D eigenvalue weighted by atomic mass is 10.2. The molecule has 0 bridgehead atoms. The smallest absolute Gasteiger partial charge is 0.0887 e. The van der Waals surface area contributed by atoms with Crippen LogP contribution in [0.4, 0.5) is 0 Å². The maximum absolute atomic E-state index is 5.61. The van der Waals surface area contributed by atoms with E-state index in [0.717, 1.165) is 19.8 Å². The summed E-state index contributed by atoms with van der Waals surface area (Å²) in [5.74, 6) is 0. The Morgan fingerprint density at radius 2 is 2.14 bits per heavy atom. The van der Waals surface area contributed by atoms with Crippen molar-refractivity contribution in [1.29, 1.82) is 0 Å². The number of hydrogen-bond acceptors (Lipinski definition) is 2. The molecule has 78 valence electrons. The van der Waals surface area contributed by atoms with E-state index in [2.05, 4.69) is 16.7 Å². The van der Waals surface area contributed by atoms with Gasteiger partial charge >= 0.3 is 0 Å². The Bertz CT molecular complexity index is 293. The molecule has 0 unspecified atom stereocenters. The molecule has 3 nitrogen and oxygen atoms in total. The Morgan fingerprint density at radius 3 is 3.07 bits per heavy atom. The van der Waals surface area contributed by atoms with Crippen LogP contribution in [0.2, 0.25) is 0 Å². The summed E-state index contributed by atoms with van der Waals surface area (Å²) >= 11 is 0. The highest BCUT2D eigenvalue weighted by Gasteiger charge is 2.08. The SMILES string of the molecule is Cc1cnn2c1COCCCCCC2. The Morgan fingerprint density at radius 1 is 1.29 bits per heavy atom. The van der Waals surface area contributed by atoms with Gasteiger partial charge in [-0.1, -0.05) is 12.8 Å². The van der Waals surface area contributed by atoms with Crippen molar-refractivity contribution in [2.75, 3.05) is 6.61 Å². The van der Waals surface area contributed by atoms with Gasteiger partial charge in [-0.05, 0) is 25.3 Å². The quantitative estimate of drug-likeness (QED) is 0.633. The van der Waals surface area contributed by atoms with Crippen LogP contribution in [0, 0.1) is 6.92 Å². The van der Waals surface area contributed by atoms with Crippen LogP contribution in [0.5, 0.6) is 0 Å². The van der Waals surface area contributed by atoms with Crippen LogP contribution < -0.4 is 0 Å². The maximum atomic E-state index is 5.61. The lowest BCUT2D eigenvalue weighted by Gasteiger charge is -2.11. The normalized spacial score (nSPS) is 18.9. The van der Waals surface area contributed by atoms with Gasteiger partial charge in [-0.15, -0.1) is 0 Å². The number of rotatable bonds is 0. The molecule has 1 aliphatic rings. The minimum absolute atomic E-state index is 0.728. The van der Waals surface area contributed by atoms with Crippen molar-refractivity contribution >= 4 is 0 Å². The lowest BCUT2D eigenvalue weighted by Crippen LogP contribution is -2.09. The summed E-state index contributed by atoms with van der Waals surface area (Å²) in [6, 6.07) is 0. The fourth-order valence-corrected chi connectivity index (χ4v) is 1.87. The molecule has 14 heavy (non-hydrogen) atoms. The van der Waals surface area contributed by atoms with Gasteiger partial charge in [0.25, 0.3) is 0 Å². The van der Waals surface area contributed by atoms with Crippen molar-refractivity contribution in [1.82, 2.24) is 9.78 Å². The predicted octanol–water partition coefficient (Wildman–Crippen LogP) is 2.28. The van der Waals surface area contributed by atoms with E-state index in [1.807, 2.05) is 6.20 Å². The summed E-state index contributed by atoms with van der Waals surface area (Å²) < 4.78 is 7.71. The highest BCUT2D eigenvalue weighted by molar-refractivity contribution is 5.14. The minimum Gasteiger partial charge on any atom is -0.375 e. The first-order chi connectivity index (χ1) is 6.88. The number of aromatic nitrogens is 2. The fourth-order valence-electron chi connectivity index (χ4n) is 1.87. The summed E-state index contributed by atoms with van der Waals surface area (Å²) in [4.78, 5) is 0. The van der Waals surface area contributed by atoms with E-state index in [4.69, 9.17) is 4.74 Å². The van der Waals surface area contributed by atoms with E-state index >= 15 is 0 Å². The second kappa shape index (κ2) is 4.60. The number of fused-ring (bicyclic) bond motifs is 1. The number of ether oxygens (including phenoxy) is 1. The number of hydrogen-bond donors (Lipinski definition) is 0. The summed E-state index contributed by atoms with van der Waals surface area (Å²) in [6.45, 7) is 4.77. The fraction of sp³-hybridized carbons (Fsp3) is 0.727. The molecule has 0 radical (unpaired) electrons. The van der Waals surface area contributed by atoms with Crippen LogP contribution in [0.1, 0.15) is 36.9 Å². The Kier molecular flexibility index (Phi) is 3.19. The van der Waals surface area contributed by atoms with Crippen LogP contribution in [0.15, 0.2) is 6.20 Å². The first-order valence-corrected chi connectivity index (χ1v) is 5.47. The van der Waals surface area contributed by atoms with Gasteiger partial charge in [-0.25, -0.2) is 0 Å². The van der Waals surface area contributed by atoms with Gasteiger partial charge in [0.1, 0.15) is 0 Å². The molecule has 0 N–H and O–H groups in total. The molecular formula is C11H18N2O. The van der Waals surface area contributed by atoms with Crippen molar-refractivity contribution in [3.05, 3.63) is 17.5 Å². The van der Waals surface area contributed by atoms with E-state index < -0.39 is 0 Å². The van der Waals surface area contributed by atoms with Crippen molar-refractivity contribution in [3.8, 4) is 0 Å². The zero-order chi connectivity index (χ0) is 9.80. The third kappa shape index (κ3) is 2.15. The second-order valence-electron chi connectivity index (χ2n) is 3.96. The summed E-state index contributed by atoms with van der Waals surface area (Å²) in [6.07, 6.45) is 6.97. The first kappa shape index (κ1) is 9.71. The average Bonchev–Trinajstić information content (AvgIpc) is 2.55. The molecule has 1 aliphatic heterocycles. The molecule has 0 fully saturated rings. The van der Waals surface area contributed by atoms with Crippen LogP contribution in [0.25, 0.3) is 0 Å². The van der Waals surface area contributed by atoms with Crippen molar-refractivity contribution < 1.29 is 4.74 Å². The van der Waals surface area contributed by atoms with Gasteiger partial charge in [-0.3, -0.25) is 4.68 Å². The minimum atomic E-state index is 0.728. The monoisotopic (exact) mass is 194 g/mol. The van der Waals surface area contributed by atoms with Gasteiger partial charge in [-0.2, -0.15) is 5.10 Å². The van der Waals surface area contributed by atoms with Gasteiger partial charge in [0.05, 0.1) is 18.5 Å². The molecule has 0 atom stereocenters. The largest absolute Gasteiger partial charge is 0.375 e. The standard InChI is InChI=1S/C11H18N2O/c1-10-8-12-13-6-4-2-3-5-7-14-9-11(10)13/h8H,2-7,9H2,1H3. The van der Waals surface area contributed by atoms with E-state index in [-0.39, 0.29) is 0 Å². The zero-order valence-corrected chi connectivity index (χ0v) is 8.83. The second-order valence-corrected chi connectivity index (χ2v) is 3.96. The first-order valence-electron chi connectivity index (χ1n) is 5.47. The molecule has 2 rings (SSSR count). The molecule has 0 spiro atoms. The molecule has 0 aromatic carbocycles. The van der Waals surface area contributed by atoms with Crippen LogP contribution in [-0.2, 0) is 17.9 Å². The molecular weight excluding hydrogens is 176 g/mol. The van der Waals surface area contributed by atoms with E-state index in [1.165, 1.54) is 36.9 Å². The summed E-state index contributed by atoms with van der Waals surface area (Å²) in [5, 5.41) is 4.37. The molecule has 1 aromatic rings. The lowest BCUT2D eigenvalue weighted by molar-refractivity contribution is 0.108. The summed E-state index contributed by atoms with van der Waals surface area (Å²) in [7, 11) is 0. The van der Waals surface area contributed by atoms with Crippen LogP contribution in [-0.4, -0.2) is 16.4 Å². The summed E-state index contributed by atoms with van der Waals surface area (Å²) in [5.41, 5.74) is 2.51. The molecule has 0 saturated heterocycles. The van der Waals surface area contributed by atoms with Gasteiger partial charge in [0.2, 0.25) is 0 Å². The Labute approximate surface area is 85.1 Å². The van der Waals surface area contributed by atoms with Crippen molar-refractivity contribution in [2.45, 2.75) is 45.8 Å². The highest BCUT2D eigenvalue weighted by atomic mass is 16.5. The third-order valence-electron chi connectivity index (χ3n) is 2.80. The van der Waals surface area contributed by atoms with Gasteiger partial charge in [0, 0.05) is 13.2 Å². The third-order valence-corrected chi connectivity index (χ3v) is 2.80. The highest BCUT2D eigenvalue weighted by Crippen LogP contribution is 2.13. The van der Waals surface area contributed by atoms with Crippen molar-refractivity contribution in [3.63, 3.8) is 0 Å². The maximum Gasteiger partial charge on any atom is 0.0887 e. The Hall–Kier alpha value is -0.830. The van der Waals surface area contributed by atoms with Gasteiger partial charge < -0.3 is 4.74 Å². The molecule has 0 saturated carbocycles. The number of nitrogens with zero attached hydrogens (tertiary/aromatic N) is 2. The van der Waals surface area contributed by atoms with E-state index in [0.29, 0.717) is 0 Å². The topological polar surface area (TPSA) is 27.1 Å². The zero-order valence-electron chi connectivity index (χ0n) is 8.83. The van der Waals surface area contributed by atoms with Crippen LogP contribution in [0.3, 0.4) is 0 Å². The number of aryl methyl sites for hydroxylation is 2. The average molecular weight is 194 g/mol.